The molecule has 0 saturated heterocycles. The highest BCUT2D eigenvalue weighted by Crippen LogP contribution is 2.32. The SMILES string of the molecule is COCCOCCCCNCc1cc(Br)cc(Br)c1OC. The first-order valence-corrected chi connectivity index (χ1v) is 8.57. The van der Waals surface area contributed by atoms with Crippen LogP contribution < -0.4 is 10.1 Å². The minimum Gasteiger partial charge on any atom is -0.495 e. The van der Waals surface area contributed by atoms with E-state index in [1.807, 2.05) is 6.07 Å². The molecule has 0 unspecified atom stereocenters. The van der Waals surface area contributed by atoms with Gasteiger partial charge in [0.05, 0.1) is 24.8 Å². The second kappa shape index (κ2) is 11.4. The Hall–Kier alpha value is -0.140. The van der Waals surface area contributed by atoms with Gasteiger partial charge in [-0.2, -0.15) is 0 Å². The second-order valence-corrected chi connectivity index (χ2v) is 6.34. The standard InChI is InChI=1S/C15H23Br2NO3/c1-19-7-8-21-6-4-3-5-18-11-12-9-13(16)10-14(17)15(12)20-2/h9-10,18H,3-8,11H2,1-2H3. The summed E-state index contributed by atoms with van der Waals surface area (Å²) in [7, 11) is 3.37. The summed E-state index contributed by atoms with van der Waals surface area (Å²) < 4.78 is 17.8. The molecule has 4 nitrogen and oxygen atoms in total. The van der Waals surface area contributed by atoms with Crippen molar-refractivity contribution in [2.24, 2.45) is 0 Å². The van der Waals surface area contributed by atoms with Crippen molar-refractivity contribution in [3.05, 3.63) is 26.6 Å². The number of halogens is 2. The van der Waals surface area contributed by atoms with E-state index >= 15 is 0 Å². The summed E-state index contributed by atoms with van der Waals surface area (Å²) in [4.78, 5) is 0. The van der Waals surface area contributed by atoms with Crippen LogP contribution in [0.3, 0.4) is 0 Å². The molecule has 0 spiro atoms. The Kier molecular flexibility index (Phi) is 10.3. The first kappa shape index (κ1) is 18.9. The molecule has 1 aromatic carbocycles. The maximum Gasteiger partial charge on any atom is 0.137 e. The number of unbranched alkanes of at least 4 members (excludes halogenated alkanes) is 1. The number of benzene rings is 1. The third-order valence-electron chi connectivity index (χ3n) is 2.93. The van der Waals surface area contributed by atoms with Crippen LogP contribution in [0.15, 0.2) is 21.1 Å². The van der Waals surface area contributed by atoms with Crippen molar-refractivity contribution in [1.82, 2.24) is 5.32 Å². The molecule has 0 fully saturated rings. The monoisotopic (exact) mass is 423 g/mol. The highest BCUT2D eigenvalue weighted by Gasteiger charge is 2.08. The van der Waals surface area contributed by atoms with Crippen LogP contribution in [-0.2, 0) is 16.0 Å². The van der Waals surface area contributed by atoms with E-state index in [0.717, 1.165) is 52.8 Å². The van der Waals surface area contributed by atoms with Crippen LogP contribution in [0.5, 0.6) is 5.75 Å². The van der Waals surface area contributed by atoms with Gasteiger partial charge in [0.2, 0.25) is 0 Å². The number of hydrogen-bond acceptors (Lipinski definition) is 4. The molecule has 1 N–H and O–H groups in total. The Morgan fingerprint density at radius 3 is 2.57 bits per heavy atom. The minimum atomic E-state index is 0.663. The Morgan fingerprint density at radius 2 is 1.86 bits per heavy atom. The summed E-state index contributed by atoms with van der Waals surface area (Å²) in [6.45, 7) is 3.87. The van der Waals surface area contributed by atoms with E-state index in [2.05, 4.69) is 43.2 Å². The van der Waals surface area contributed by atoms with Crippen LogP contribution in [0.4, 0.5) is 0 Å². The first-order valence-electron chi connectivity index (χ1n) is 6.98. The number of ether oxygens (including phenoxy) is 3. The molecule has 1 rings (SSSR count). The van der Waals surface area contributed by atoms with Gasteiger partial charge in [0, 0.05) is 30.3 Å². The molecular formula is C15H23Br2NO3. The van der Waals surface area contributed by atoms with Crippen molar-refractivity contribution >= 4 is 31.9 Å². The molecule has 0 heterocycles. The molecule has 0 amide bonds. The van der Waals surface area contributed by atoms with Crippen LogP contribution in [0.1, 0.15) is 18.4 Å². The Morgan fingerprint density at radius 1 is 1.05 bits per heavy atom. The summed E-state index contributed by atoms with van der Waals surface area (Å²) in [5.74, 6) is 0.883. The lowest BCUT2D eigenvalue weighted by Crippen LogP contribution is -2.16. The number of hydrogen-bond donors (Lipinski definition) is 1. The molecule has 1 aromatic rings. The van der Waals surface area contributed by atoms with Gasteiger partial charge >= 0.3 is 0 Å². The van der Waals surface area contributed by atoms with E-state index in [1.54, 1.807) is 14.2 Å². The summed E-state index contributed by atoms with van der Waals surface area (Å²) >= 11 is 7.01. The van der Waals surface area contributed by atoms with Gasteiger partial charge in [0.1, 0.15) is 5.75 Å². The van der Waals surface area contributed by atoms with Gasteiger partial charge in [-0.25, -0.2) is 0 Å². The van der Waals surface area contributed by atoms with Gasteiger partial charge in [-0.15, -0.1) is 0 Å². The zero-order chi connectivity index (χ0) is 15.5. The van der Waals surface area contributed by atoms with Gasteiger partial charge in [-0.05, 0) is 47.4 Å². The predicted octanol–water partition coefficient (Wildman–Crippen LogP) is 3.75. The molecule has 0 aromatic heterocycles. The van der Waals surface area contributed by atoms with E-state index in [9.17, 15) is 0 Å². The predicted molar refractivity (Wildman–Crippen MR) is 92.0 cm³/mol. The molecule has 0 aliphatic carbocycles. The quantitative estimate of drug-likeness (QED) is 0.549. The van der Waals surface area contributed by atoms with Crippen molar-refractivity contribution in [2.75, 3.05) is 40.6 Å². The number of nitrogens with one attached hydrogen (secondary N) is 1. The molecule has 0 atom stereocenters. The molecule has 0 aliphatic heterocycles. The van der Waals surface area contributed by atoms with Crippen LogP contribution >= 0.6 is 31.9 Å². The van der Waals surface area contributed by atoms with Gasteiger partial charge in [-0.1, -0.05) is 15.9 Å². The van der Waals surface area contributed by atoms with E-state index in [0.29, 0.717) is 13.2 Å². The van der Waals surface area contributed by atoms with Crippen LogP contribution in [-0.4, -0.2) is 40.6 Å². The third kappa shape index (κ3) is 7.61. The molecular weight excluding hydrogens is 402 g/mol. The smallest absolute Gasteiger partial charge is 0.137 e. The summed E-state index contributed by atoms with van der Waals surface area (Å²) in [6, 6.07) is 4.06. The highest BCUT2D eigenvalue weighted by atomic mass is 79.9. The van der Waals surface area contributed by atoms with Crippen molar-refractivity contribution < 1.29 is 14.2 Å². The molecule has 0 bridgehead atoms. The maximum absolute atomic E-state index is 5.42. The van der Waals surface area contributed by atoms with Crippen LogP contribution in [0.2, 0.25) is 0 Å². The van der Waals surface area contributed by atoms with E-state index in [4.69, 9.17) is 14.2 Å². The van der Waals surface area contributed by atoms with Gasteiger partial charge in [0.15, 0.2) is 0 Å². The van der Waals surface area contributed by atoms with Crippen LogP contribution in [0.25, 0.3) is 0 Å². The molecule has 21 heavy (non-hydrogen) atoms. The van der Waals surface area contributed by atoms with Crippen molar-refractivity contribution in [3.8, 4) is 5.75 Å². The zero-order valence-corrected chi connectivity index (χ0v) is 15.8. The molecule has 0 aliphatic rings. The number of rotatable bonds is 11. The Balaban J connectivity index is 2.21. The lowest BCUT2D eigenvalue weighted by molar-refractivity contribution is 0.0688. The topological polar surface area (TPSA) is 39.7 Å². The highest BCUT2D eigenvalue weighted by molar-refractivity contribution is 9.11. The van der Waals surface area contributed by atoms with Gasteiger partial charge in [0.25, 0.3) is 0 Å². The molecule has 0 radical (unpaired) electrons. The normalized spacial score (nSPS) is 10.9. The summed E-state index contributed by atoms with van der Waals surface area (Å²) in [5.41, 5.74) is 1.13. The van der Waals surface area contributed by atoms with Gasteiger partial charge in [-0.3, -0.25) is 0 Å². The first-order chi connectivity index (χ1) is 10.2. The van der Waals surface area contributed by atoms with Crippen molar-refractivity contribution in [1.29, 1.82) is 0 Å². The second-order valence-electron chi connectivity index (χ2n) is 4.57. The summed E-state index contributed by atoms with van der Waals surface area (Å²) in [5, 5.41) is 3.43. The lowest BCUT2D eigenvalue weighted by Gasteiger charge is -2.12. The fourth-order valence-corrected chi connectivity index (χ4v) is 3.37. The maximum atomic E-state index is 5.42. The molecule has 120 valence electrons. The average Bonchev–Trinajstić information content (AvgIpc) is 2.45. The fraction of sp³-hybridized carbons (Fsp3) is 0.600. The minimum absolute atomic E-state index is 0.663. The Bertz CT molecular complexity index is 416. The van der Waals surface area contributed by atoms with Crippen molar-refractivity contribution in [3.63, 3.8) is 0 Å². The summed E-state index contributed by atoms with van der Waals surface area (Å²) in [6.07, 6.45) is 2.14. The van der Waals surface area contributed by atoms with E-state index in [-0.39, 0.29) is 0 Å². The van der Waals surface area contributed by atoms with Crippen LogP contribution in [0, 0.1) is 0 Å². The fourth-order valence-electron chi connectivity index (χ4n) is 1.90. The lowest BCUT2D eigenvalue weighted by atomic mass is 10.2. The molecule has 0 saturated carbocycles. The average molecular weight is 425 g/mol. The largest absolute Gasteiger partial charge is 0.495 e. The number of methoxy groups -OCH3 is 2. The van der Waals surface area contributed by atoms with E-state index < -0.39 is 0 Å². The Labute approximate surface area is 143 Å². The zero-order valence-electron chi connectivity index (χ0n) is 12.6. The third-order valence-corrected chi connectivity index (χ3v) is 3.98. The van der Waals surface area contributed by atoms with E-state index in [1.165, 1.54) is 0 Å². The van der Waals surface area contributed by atoms with Gasteiger partial charge < -0.3 is 19.5 Å². The molecule has 6 heteroatoms. The van der Waals surface area contributed by atoms with Crippen molar-refractivity contribution in [2.45, 2.75) is 19.4 Å².